The average Bonchev–Trinajstić information content (AvgIpc) is 3.22. The second kappa shape index (κ2) is 10.3. The van der Waals surface area contributed by atoms with Crippen LogP contribution in [0.5, 0.6) is 0 Å². The number of hydrogen-bond acceptors (Lipinski definition) is 5. The van der Waals surface area contributed by atoms with E-state index in [0.717, 1.165) is 42.8 Å². The van der Waals surface area contributed by atoms with Gasteiger partial charge in [0.05, 0.1) is 23.7 Å². The van der Waals surface area contributed by atoms with Crippen LogP contribution in [0.25, 0.3) is 11.0 Å². The number of carbonyl (C=O) groups is 1. The van der Waals surface area contributed by atoms with E-state index in [1.807, 2.05) is 24.5 Å². The molecule has 174 valence electrons. The highest BCUT2D eigenvalue weighted by atomic mass is 16.5. The third-order valence-corrected chi connectivity index (χ3v) is 6.93. The van der Waals surface area contributed by atoms with Crippen LogP contribution in [0.4, 0.5) is 0 Å². The van der Waals surface area contributed by atoms with Crippen molar-refractivity contribution in [1.29, 1.82) is 0 Å². The van der Waals surface area contributed by atoms with E-state index < -0.39 is 0 Å². The molecule has 0 radical (unpaired) electrons. The summed E-state index contributed by atoms with van der Waals surface area (Å²) in [6.07, 6.45) is 8.21. The molecule has 0 aliphatic heterocycles. The minimum atomic E-state index is -0.331. The number of nitrogens with zero attached hydrogens (tertiary/aromatic N) is 2. The molecule has 0 amide bonds. The molecule has 3 unspecified atom stereocenters. The molecule has 1 aliphatic rings. The normalized spacial score (nSPS) is 20.8. The number of aromatic amines is 1. The van der Waals surface area contributed by atoms with Gasteiger partial charge in [0.15, 0.2) is 0 Å². The van der Waals surface area contributed by atoms with Crippen molar-refractivity contribution in [2.24, 2.45) is 23.7 Å². The summed E-state index contributed by atoms with van der Waals surface area (Å²) < 4.78 is 4.84. The number of methoxy groups -OCH3 is 1. The smallest absolute Gasteiger partial charge is 0.337 e. The van der Waals surface area contributed by atoms with Crippen molar-refractivity contribution in [1.82, 2.24) is 20.3 Å². The molecular formula is C27H34N4O2. The first-order chi connectivity index (χ1) is 15.9. The molecule has 33 heavy (non-hydrogen) atoms. The van der Waals surface area contributed by atoms with Gasteiger partial charge in [-0.15, -0.1) is 0 Å². The van der Waals surface area contributed by atoms with Crippen LogP contribution in [0.15, 0.2) is 54.4 Å². The number of pyridine rings is 1. The largest absolute Gasteiger partial charge is 0.465 e. The average molecular weight is 447 g/mol. The summed E-state index contributed by atoms with van der Waals surface area (Å²) >= 11 is 0. The SMILES string of the molecule is COC(=O)c1ccc2nc(CC3CC(C(C)C)C(CNCc4ccncc4)C=C3C)[nH]c2c1. The standard InChI is InChI=1S/C27H34N4O2/c1-17(2)23-12-21(18(3)11-22(23)16-29-15-19-7-9-28-10-8-19)14-26-30-24-6-5-20(27(32)33-4)13-25(24)31-26/h5-11,13,17,21-23,29H,12,14-16H2,1-4H3,(H,30,31). The predicted molar refractivity (Wildman–Crippen MR) is 131 cm³/mol. The lowest BCUT2D eigenvalue weighted by Gasteiger charge is -2.37. The highest BCUT2D eigenvalue weighted by molar-refractivity contribution is 5.93. The van der Waals surface area contributed by atoms with Gasteiger partial charge in [0.2, 0.25) is 0 Å². The van der Waals surface area contributed by atoms with Crippen molar-refractivity contribution < 1.29 is 9.53 Å². The molecule has 0 fully saturated rings. The van der Waals surface area contributed by atoms with Gasteiger partial charge in [-0.1, -0.05) is 25.5 Å². The Labute approximate surface area is 195 Å². The summed E-state index contributed by atoms with van der Waals surface area (Å²) in [6.45, 7) is 8.78. The van der Waals surface area contributed by atoms with Gasteiger partial charge in [-0.05, 0) is 72.9 Å². The topological polar surface area (TPSA) is 79.9 Å². The number of rotatable bonds is 8. The van der Waals surface area contributed by atoms with Crippen LogP contribution in [-0.4, -0.2) is 34.6 Å². The second-order valence-electron chi connectivity index (χ2n) is 9.51. The Morgan fingerprint density at radius 1 is 1.24 bits per heavy atom. The first-order valence-corrected chi connectivity index (χ1v) is 11.8. The van der Waals surface area contributed by atoms with E-state index in [0.29, 0.717) is 29.2 Å². The molecular weight excluding hydrogens is 412 g/mol. The Balaban J connectivity index is 1.45. The molecule has 6 heteroatoms. The monoisotopic (exact) mass is 446 g/mol. The van der Waals surface area contributed by atoms with Crippen LogP contribution < -0.4 is 5.32 Å². The summed E-state index contributed by atoms with van der Waals surface area (Å²) in [6, 6.07) is 9.59. The van der Waals surface area contributed by atoms with E-state index in [2.05, 4.69) is 54.3 Å². The van der Waals surface area contributed by atoms with Gasteiger partial charge < -0.3 is 15.0 Å². The van der Waals surface area contributed by atoms with Gasteiger partial charge in [-0.25, -0.2) is 9.78 Å². The molecule has 4 rings (SSSR count). The Bertz CT molecular complexity index is 1120. The molecule has 2 heterocycles. The fourth-order valence-electron chi connectivity index (χ4n) is 5.03. The Kier molecular flexibility index (Phi) is 7.23. The number of benzene rings is 1. The number of imidazole rings is 1. The Hall–Kier alpha value is -2.99. The van der Waals surface area contributed by atoms with Crippen molar-refractivity contribution in [2.75, 3.05) is 13.7 Å². The minimum absolute atomic E-state index is 0.331. The highest BCUT2D eigenvalue weighted by Gasteiger charge is 2.31. The molecule has 0 saturated heterocycles. The van der Waals surface area contributed by atoms with Crippen LogP contribution in [0.2, 0.25) is 0 Å². The van der Waals surface area contributed by atoms with E-state index in [1.54, 1.807) is 6.07 Å². The van der Waals surface area contributed by atoms with E-state index >= 15 is 0 Å². The summed E-state index contributed by atoms with van der Waals surface area (Å²) in [4.78, 5) is 24.1. The molecule has 0 bridgehead atoms. The molecule has 6 nitrogen and oxygen atoms in total. The summed E-state index contributed by atoms with van der Waals surface area (Å²) in [7, 11) is 1.40. The van der Waals surface area contributed by atoms with E-state index in [9.17, 15) is 4.79 Å². The van der Waals surface area contributed by atoms with Crippen molar-refractivity contribution >= 4 is 17.0 Å². The summed E-state index contributed by atoms with van der Waals surface area (Å²) in [5, 5.41) is 3.65. The number of nitrogens with one attached hydrogen (secondary N) is 2. The molecule has 1 aromatic carbocycles. The van der Waals surface area contributed by atoms with E-state index in [1.165, 1.54) is 18.2 Å². The van der Waals surface area contributed by atoms with Crippen LogP contribution >= 0.6 is 0 Å². The van der Waals surface area contributed by atoms with Crippen LogP contribution in [0, 0.1) is 23.7 Å². The number of allylic oxidation sites excluding steroid dienone is 1. The van der Waals surface area contributed by atoms with Gasteiger partial charge in [-0.3, -0.25) is 4.98 Å². The van der Waals surface area contributed by atoms with Crippen molar-refractivity contribution in [3.8, 4) is 0 Å². The van der Waals surface area contributed by atoms with Crippen LogP contribution in [-0.2, 0) is 17.7 Å². The molecule has 2 N–H and O–H groups in total. The second-order valence-corrected chi connectivity index (χ2v) is 9.51. The Morgan fingerprint density at radius 2 is 2.03 bits per heavy atom. The lowest BCUT2D eigenvalue weighted by Crippen LogP contribution is -2.34. The molecule has 1 aliphatic carbocycles. The molecule has 2 aromatic heterocycles. The zero-order chi connectivity index (χ0) is 23.4. The number of H-pyrrole nitrogens is 1. The van der Waals surface area contributed by atoms with Gasteiger partial charge in [0.25, 0.3) is 0 Å². The molecule has 3 atom stereocenters. The number of esters is 1. The summed E-state index contributed by atoms with van der Waals surface area (Å²) in [5.74, 6) is 2.88. The van der Waals surface area contributed by atoms with Gasteiger partial charge >= 0.3 is 5.97 Å². The summed E-state index contributed by atoms with van der Waals surface area (Å²) in [5.41, 5.74) is 5.01. The van der Waals surface area contributed by atoms with Crippen LogP contribution in [0.1, 0.15) is 48.9 Å². The minimum Gasteiger partial charge on any atom is -0.465 e. The maximum Gasteiger partial charge on any atom is 0.337 e. The lowest BCUT2D eigenvalue weighted by molar-refractivity contribution is 0.0601. The van der Waals surface area contributed by atoms with Crippen molar-refractivity contribution in [3.63, 3.8) is 0 Å². The van der Waals surface area contributed by atoms with Crippen molar-refractivity contribution in [2.45, 2.75) is 40.2 Å². The number of hydrogen-bond donors (Lipinski definition) is 2. The number of fused-ring (bicyclic) bond motifs is 1. The highest BCUT2D eigenvalue weighted by Crippen LogP contribution is 2.38. The quantitative estimate of drug-likeness (QED) is 0.379. The number of ether oxygens (including phenoxy) is 1. The fraction of sp³-hybridized carbons (Fsp3) is 0.444. The molecule has 3 aromatic rings. The van der Waals surface area contributed by atoms with Crippen molar-refractivity contribution in [3.05, 3.63) is 71.3 Å². The maximum atomic E-state index is 11.8. The first-order valence-electron chi connectivity index (χ1n) is 11.8. The fourth-order valence-corrected chi connectivity index (χ4v) is 5.03. The van der Waals surface area contributed by atoms with Gasteiger partial charge in [0.1, 0.15) is 5.82 Å². The third-order valence-electron chi connectivity index (χ3n) is 6.93. The molecule has 0 saturated carbocycles. The number of carbonyl (C=O) groups excluding carboxylic acids is 1. The van der Waals surface area contributed by atoms with Gasteiger partial charge in [0, 0.05) is 31.9 Å². The third kappa shape index (κ3) is 5.50. The Morgan fingerprint density at radius 3 is 2.76 bits per heavy atom. The molecule has 0 spiro atoms. The lowest BCUT2D eigenvalue weighted by atomic mass is 9.70. The predicted octanol–water partition coefficient (Wildman–Crippen LogP) is 4.93. The zero-order valence-electron chi connectivity index (χ0n) is 20.0. The number of aromatic nitrogens is 3. The maximum absolute atomic E-state index is 11.8. The van der Waals surface area contributed by atoms with Gasteiger partial charge in [-0.2, -0.15) is 0 Å². The van der Waals surface area contributed by atoms with E-state index in [4.69, 9.17) is 9.72 Å². The van der Waals surface area contributed by atoms with Crippen LogP contribution in [0.3, 0.4) is 0 Å². The first kappa shape index (κ1) is 23.2. The zero-order valence-corrected chi connectivity index (χ0v) is 20.0. The van der Waals surface area contributed by atoms with E-state index in [-0.39, 0.29) is 5.97 Å².